The minimum Gasteiger partial charge on any atom is -0.481 e. The number of hydrogen-bond donors (Lipinski definition) is 1. The Bertz CT molecular complexity index is 557. The molecule has 1 N–H and O–H groups in total. The van der Waals surface area contributed by atoms with Gasteiger partial charge in [-0.2, -0.15) is 4.98 Å². The number of nitrogens with one attached hydrogen (secondary N) is 1. The molecule has 8 nitrogen and oxygen atoms in total. The predicted molar refractivity (Wildman–Crippen MR) is 93.8 cm³/mol. The van der Waals surface area contributed by atoms with Crippen molar-refractivity contribution in [2.45, 2.75) is 12.8 Å². The highest BCUT2D eigenvalue weighted by molar-refractivity contribution is 5.78. The standard InChI is InChI=1S/C17H27N5O3/c1-24-15-2-5-19-17(20-15)22-7-3-14(4-8-22)16(23)18-6-9-21-10-12-25-13-11-21/h2,5,14H,3-4,6-13H2,1H3,(H,18,23). The van der Waals surface area contributed by atoms with Crippen LogP contribution in [0.15, 0.2) is 12.3 Å². The van der Waals surface area contributed by atoms with E-state index < -0.39 is 0 Å². The van der Waals surface area contributed by atoms with Gasteiger partial charge in [0.1, 0.15) is 0 Å². The fourth-order valence-electron chi connectivity index (χ4n) is 3.25. The van der Waals surface area contributed by atoms with Crippen molar-refractivity contribution in [3.63, 3.8) is 0 Å². The van der Waals surface area contributed by atoms with E-state index >= 15 is 0 Å². The molecule has 0 unspecified atom stereocenters. The normalized spacial score (nSPS) is 19.6. The third-order valence-electron chi connectivity index (χ3n) is 4.81. The molecule has 3 rings (SSSR count). The van der Waals surface area contributed by atoms with E-state index in [1.165, 1.54) is 0 Å². The third-order valence-corrected chi connectivity index (χ3v) is 4.81. The van der Waals surface area contributed by atoms with Crippen molar-refractivity contribution < 1.29 is 14.3 Å². The highest BCUT2D eigenvalue weighted by Crippen LogP contribution is 2.21. The summed E-state index contributed by atoms with van der Waals surface area (Å²) in [5, 5.41) is 3.08. The summed E-state index contributed by atoms with van der Waals surface area (Å²) in [6, 6.07) is 1.73. The Morgan fingerprint density at radius 1 is 1.32 bits per heavy atom. The molecule has 25 heavy (non-hydrogen) atoms. The van der Waals surface area contributed by atoms with E-state index in [1.54, 1.807) is 19.4 Å². The van der Waals surface area contributed by atoms with Gasteiger partial charge in [0.2, 0.25) is 17.7 Å². The summed E-state index contributed by atoms with van der Waals surface area (Å²) in [5.41, 5.74) is 0. The second kappa shape index (κ2) is 8.96. The van der Waals surface area contributed by atoms with E-state index in [1.807, 2.05) is 0 Å². The molecule has 1 amide bonds. The van der Waals surface area contributed by atoms with Crippen LogP contribution in [-0.4, -0.2) is 80.4 Å². The molecule has 8 heteroatoms. The van der Waals surface area contributed by atoms with Crippen LogP contribution in [0.1, 0.15) is 12.8 Å². The largest absolute Gasteiger partial charge is 0.481 e. The summed E-state index contributed by atoms with van der Waals surface area (Å²) in [6.45, 7) is 6.66. The first-order valence-corrected chi connectivity index (χ1v) is 8.96. The average Bonchev–Trinajstić information content (AvgIpc) is 2.69. The number of amides is 1. The van der Waals surface area contributed by atoms with Gasteiger partial charge in [0, 0.05) is 57.4 Å². The maximum atomic E-state index is 12.4. The van der Waals surface area contributed by atoms with Crippen molar-refractivity contribution in [1.29, 1.82) is 0 Å². The van der Waals surface area contributed by atoms with Gasteiger partial charge in [0.05, 0.1) is 20.3 Å². The first kappa shape index (κ1) is 17.9. The van der Waals surface area contributed by atoms with Crippen LogP contribution in [-0.2, 0) is 9.53 Å². The van der Waals surface area contributed by atoms with Crippen LogP contribution in [0.25, 0.3) is 0 Å². The lowest BCUT2D eigenvalue weighted by Crippen LogP contribution is -2.44. The zero-order chi connectivity index (χ0) is 17.5. The minimum atomic E-state index is 0.0755. The molecule has 0 spiro atoms. The molecule has 0 bridgehead atoms. The highest BCUT2D eigenvalue weighted by atomic mass is 16.5. The number of rotatable bonds is 6. The van der Waals surface area contributed by atoms with Crippen LogP contribution in [0, 0.1) is 5.92 Å². The molecule has 0 aromatic carbocycles. The number of aromatic nitrogens is 2. The van der Waals surface area contributed by atoms with E-state index in [9.17, 15) is 4.79 Å². The lowest BCUT2D eigenvalue weighted by Gasteiger charge is -2.31. The van der Waals surface area contributed by atoms with Gasteiger partial charge in [0.25, 0.3) is 0 Å². The van der Waals surface area contributed by atoms with E-state index in [4.69, 9.17) is 9.47 Å². The van der Waals surface area contributed by atoms with Gasteiger partial charge in [-0.1, -0.05) is 0 Å². The van der Waals surface area contributed by atoms with Crippen LogP contribution in [0.5, 0.6) is 5.88 Å². The van der Waals surface area contributed by atoms with E-state index in [0.29, 0.717) is 18.4 Å². The Hall–Kier alpha value is -1.93. The Kier molecular flexibility index (Phi) is 6.41. The topological polar surface area (TPSA) is 79.8 Å². The maximum absolute atomic E-state index is 12.4. The second-order valence-corrected chi connectivity index (χ2v) is 6.41. The van der Waals surface area contributed by atoms with Gasteiger partial charge in [-0.3, -0.25) is 9.69 Å². The van der Waals surface area contributed by atoms with E-state index in [-0.39, 0.29) is 11.8 Å². The number of anilines is 1. The Balaban J connectivity index is 1.39. The molecule has 2 fully saturated rings. The first-order chi connectivity index (χ1) is 12.3. The summed E-state index contributed by atoms with van der Waals surface area (Å²) in [4.78, 5) is 25.5. The monoisotopic (exact) mass is 349 g/mol. The molecule has 3 heterocycles. The van der Waals surface area contributed by atoms with Crippen LogP contribution in [0.4, 0.5) is 5.95 Å². The number of hydrogen-bond acceptors (Lipinski definition) is 7. The molecule has 0 saturated carbocycles. The Labute approximate surface area is 148 Å². The summed E-state index contributed by atoms with van der Waals surface area (Å²) in [6.07, 6.45) is 3.35. The average molecular weight is 349 g/mol. The molecule has 0 radical (unpaired) electrons. The summed E-state index contributed by atoms with van der Waals surface area (Å²) < 4.78 is 10.5. The zero-order valence-electron chi connectivity index (χ0n) is 14.8. The third kappa shape index (κ3) is 5.02. The highest BCUT2D eigenvalue weighted by Gasteiger charge is 2.26. The minimum absolute atomic E-state index is 0.0755. The maximum Gasteiger partial charge on any atom is 0.228 e. The summed E-state index contributed by atoms with van der Waals surface area (Å²) in [5.74, 6) is 1.48. The number of methoxy groups -OCH3 is 1. The lowest BCUT2D eigenvalue weighted by atomic mass is 9.96. The quantitative estimate of drug-likeness (QED) is 0.783. The summed E-state index contributed by atoms with van der Waals surface area (Å²) >= 11 is 0. The smallest absolute Gasteiger partial charge is 0.228 e. The van der Waals surface area contributed by atoms with Gasteiger partial charge in [-0.05, 0) is 12.8 Å². The number of morpholine rings is 1. The zero-order valence-corrected chi connectivity index (χ0v) is 14.8. The molecule has 0 atom stereocenters. The number of ether oxygens (including phenoxy) is 2. The van der Waals surface area contributed by atoms with Crippen molar-refractivity contribution in [2.24, 2.45) is 5.92 Å². The van der Waals surface area contributed by atoms with Gasteiger partial charge in [-0.15, -0.1) is 0 Å². The van der Waals surface area contributed by atoms with Crippen LogP contribution < -0.4 is 15.0 Å². The molecular formula is C17H27N5O3. The predicted octanol–water partition coefficient (Wildman–Crippen LogP) is 0.150. The molecule has 2 aliphatic rings. The number of nitrogens with zero attached hydrogens (tertiary/aromatic N) is 4. The second-order valence-electron chi connectivity index (χ2n) is 6.41. The number of carbonyl (C=O) groups excluding carboxylic acids is 1. The Morgan fingerprint density at radius 2 is 2.08 bits per heavy atom. The molecule has 1 aromatic heterocycles. The van der Waals surface area contributed by atoms with Gasteiger partial charge in [0.15, 0.2) is 0 Å². The van der Waals surface area contributed by atoms with Crippen molar-refractivity contribution >= 4 is 11.9 Å². The van der Waals surface area contributed by atoms with E-state index in [0.717, 1.165) is 58.8 Å². The lowest BCUT2D eigenvalue weighted by molar-refractivity contribution is -0.125. The van der Waals surface area contributed by atoms with Crippen molar-refractivity contribution in [1.82, 2.24) is 20.2 Å². The first-order valence-electron chi connectivity index (χ1n) is 8.96. The van der Waals surface area contributed by atoms with Crippen molar-refractivity contribution in [3.05, 3.63) is 12.3 Å². The van der Waals surface area contributed by atoms with Crippen LogP contribution in [0.3, 0.4) is 0 Å². The van der Waals surface area contributed by atoms with Gasteiger partial charge < -0.3 is 19.7 Å². The molecule has 2 saturated heterocycles. The van der Waals surface area contributed by atoms with Crippen LogP contribution in [0.2, 0.25) is 0 Å². The van der Waals surface area contributed by atoms with Gasteiger partial charge >= 0.3 is 0 Å². The fourth-order valence-corrected chi connectivity index (χ4v) is 3.25. The van der Waals surface area contributed by atoms with Crippen molar-refractivity contribution in [3.8, 4) is 5.88 Å². The summed E-state index contributed by atoms with van der Waals surface area (Å²) in [7, 11) is 1.60. The molecule has 138 valence electrons. The molecular weight excluding hydrogens is 322 g/mol. The number of carbonyl (C=O) groups is 1. The fraction of sp³-hybridized carbons (Fsp3) is 0.706. The van der Waals surface area contributed by atoms with E-state index in [2.05, 4.69) is 25.1 Å². The number of piperidine rings is 1. The SMILES string of the molecule is COc1ccnc(N2CCC(C(=O)NCCN3CCOCC3)CC2)n1. The van der Waals surface area contributed by atoms with Gasteiger partial charge in [-0.25, -0.2) is 4.98 Å². The molecule has 1 aromatic rings. The van der Waals surface area contributed by atoms with Crippen LogP contribution >= 0.6 is 0 Å². The molecule has 0 aliphatic carbocycles. The Morgan fingerprint density at radius 3 is 2.80 bits per heavy atom. The van der Waals surface area contributed by atoms with Crippen molar-refractivity contribution in [2.75, 3.05) is 64.5 Å². The molecule has 2 aliphatic heterocycles.